The van der Waals surface area contributed by atoms with Crippen molar-refractivity contribution < 1.29 is 4.74 Å². The molecule has 0 amide bonds. The largest absolute Gasteiger partial charge is 0.378 e. The van der Waals surface area contributed by atoms with Crippen LogP contribution in [0.2, 0.25) is 0 Å². The number of hydrogen-bond donors (Lipinski definition) is 1. The summed E-state index contributed by atoms with van der Waals surface area (Å²) in [4.78, 5) is 6.74. The van der Waals surface area contributed by atoms with Gasteiger partial charge < -0.3 is 15.0 Å². The van der Waals surface area contributed by atoms with Crippen molar-refractivity contribution in [2.45, 2.75) is 12.6 Å². The predicted octanol–water partition coefficient (Wildman–Crippen LogP) is 0.866. The molecular weight excluding hydrogens is 210 g/mol. The Morgan fingerprint density at radius 3 is 3.20 bits per heavy atom. The van der Waals surface area contributed by atoms with E-state index in [0.29, 0.717) is 0 Å². The quantitative estimate of drug-likeness (QED) is 0.831. The lowest BCUT2D eigenvalue weighted by molar-refractivity contribution is 0.0757. The fourth-order valence-electron chi connectivity index (χ4n) is 1.58. The maximum atomic E-state index is 5.42. The Kier molecular flexibility index (Phi) is 3.69. The Labute approximate surface area is 94.3 Å². The van der Waals surface area contributed by atoms with Crippen LogP contribution in [0.3, 0.4) is 0 Å². The first-order chi connectivity index (χ1) is 7.25. The Bertz CT molecular complexity index is 307. The molecule has 0 aliphatic carbocycles. The molecule has 2 heterocycles. The molecular formula is C10H17N3OS. The normalized spacial score (nSPS) is 22.2. The lowest BCUT2D eigenvalue weighted by Gasteiger charge is -2.22. The van der Waals surface area contributed by atoms with Gasteiger partial charge in [0.15, 0.2) is 0 Å². The van der Waals surface area contributed by atoms with Gasteiger partial charge in [-0.2, -0.15) is 0 Å². The number of ether oxygens (including phenoxy) is 1. The van der Waals surface area contributed by atoms with Gasteiger partial charge in [-0.3, -0.25) is 0 Å². The highest BCUT2D eigenvalue weighted by atomic mass is 32.1. The molecule has 1 unspecified atom stereocenters. The zero-order valence-electron chi connectivity index (χ0n) is 9.19. The maximum absolute atomic E-state index is 5.42. The summed E-state index contributed by atoms with van der Waals surface area (Å²) in [5.41, 5.74) is 1.12. The number of morpholine rings is 1. The van der Waals surface area contributed by atoms with Crippen LogP contribution >= 0.6 is 11.3 Å². The van der Waals surface area contributed by atoms with Crippen LogP contribution in [0.1, 0.15) is 16.7 Å². The van der Waals surface area contributed by atoms with E-state index in [1.54, 1.807) is 11.3 Å². The highest BCUT2D eigenvalue weighted by molar-refractivity contribution is 7.09. The monoisotopic (exact) mass is 227 g/mol. The zero-order chi connectivity index (χ0) is 10.7. The molecule has 15 heavy (non-hydrogen) atoms. The number of nitrogens with one attached hydrogen (secondary N) is 1. The van der Waals surface area contributed by atoms with E-state index in [1.165, 1.54) is 5.01 Å². The van der Waals surface area contributed by atoms with E-state index in [4.69, 9.17) is 4.74 Å². The summed E-state index contributed by atoms with van der Waals surface area (Å²) < 4.78 is 5.42. The third-order valence-electron chi connectivity index (χ3n) is 2.30. The average Bonchev–Trinajstić information content (AvgIpc) is 2.67. The van der Waals surface area contributed by atoms with Crippen LogP contribution in [0, 0.1) is 0 Å². The second-order valence-electron chi connectivity index (χ2n) is 3.99. The second-order valence-corrected chi connectivity index (χ2v) is 4.93. The summed E-state index contributed by atoms with van der Waals surface area (Å²) in [7, 11) is 4.12. The molecule has 2 rings (SSSR count). The molecule has 0 saturated carbocycles. The van der Waals surface area contributed by atoms with E-state index in [1.807, 2.05) is 0 Å². The minimum atomic E-state index is 0.283. The number of nitrogens with zero attached hydrogens (tertiary/aromatic N) is 2. The van der Waals surface area contributed by atoms with Gasteiger partial charge in [0.25, 0.3) is 0 Å². The molecule has 0 radical (unpaired) electrons. The minimum absolute atomic E-state index is 0.283. The summed E-state index contributed by atoms with van der Waals surface area (Å²) in [5, 5.41) is 6.71. The summed E-state index contributed by atoms with van der Waals surface area (Å²) in [6.45, 7) is 3.39. The van der Waals surface area contributed by atoms with Crippen LogP contribution in [-0.2, 0) is 11.3 Å². The molecule has 1 saturated heterocycles. The first kappa shape index (κ1) is 11.0. The lowest BCUT2D eigenvalue weighted by atomic mass is 10.2. The standard InChI is InChI=1S/C10H17N3OS/c1-13(2)5-10-12-9(7-15-10)8-6-14-4-3-11-8/h7-8,11H,3-6H2,1-2H3. The highest BCUT2D eigenvalue weighted by Crippen LogP contribution is 2.19. The van der Waals surface area contributed by atoms with Gasteiger partial charge in [0.1, 0.15) is 5.01 Å². The van der Waals surface area contributed by atoms with Gasteiger partial charge in [-0.05, 0) is 14.1 Å². The third kappa shape index (κ3) is 2.98. The van der Waals surface area contributed by atoms with Gasteiger partial charge in [-0.15, -0.1) is 11.3 Å². The van der Waals surface area contributed by atoms with Crippen LogP contribution < -0.4 is 5.32 Å². The summed E-state index contributed by atoms with van der Waals surface area (Å²) in [6.07, 6.45) is 0. The van der Waals surface area contributed by atoms with E-state index >= 15 is 0 Å². The molecule has 4 nitrogen and oxygen atoms in total. The van der Waals surface area contributed by atoms with Crippen molar-refractivity contribution in [2.24, 2.45) is 0 Å². The van der Waals surface area contributed by atoms with Crippen molar-refractivity contribution in [1.29, 1.82) is 0 Å². The predicted molar refractivity (Wildman–Crippen MR) is 61.1 cm³/mol. The average molecular weight is 227 g/mol. The number of rotatable bonds is 3. The van der Waals surface area contributed by atoms with E-state index < -0.39 is 0 Å². The molecule has 5 heteroatoms. The van der Waals surface area contributed by atoms with Crippen LogP contribution in [0.15, 0.2) is 5.38 Å². The Balaban J connectivity index is 1.99. The van der Waals surface area contributed by atoms with Gasteiger partial charge in [-0.25, -0.2) is 4.98 Å². The topological polar surface area (TPSA) is 37.4 Å². The summed E-state index contributed by atoms with van der Waals surface area (Å²) in [6, 6.07) is 0.283. The van der Waals surface area contributed by atoms with Crippen LogP contribution in [0.25, 0.3) is 0 Å². The van der Waals surface area contributed by atoms with Crippen molar-refractivity contribution in [3.63, 3.8) is 0 Å². The molecule has 0 spiro atoms. The van der Waals surface area contributed by atoms with Crippen molar-refractivity contribution >= 4 is 11.3 Å². The smallest absolute Gasteiger partial charge is 0.107 e. The highest BCUT2D eigenvalue weighted by Gasteiger charge is 2.17. The fourth-order valence-corrected chi connectivity index (χ4v) is 2.55. The number of hydrogen-bond acceptors (Lipinski definition) is 5. The molecule has 1 N–H and O–H groups in total. The van der Waals surface area contributed by atoms with Gasteiger partial charge in [0.05, 0.1) is 24.9 Å². The van der Waals surface area contributed by atoms with Gasteiger partial charge in [-0.1, -0.05) is 0 Å². The van der Waals surface area contributed by atoms with Gasteiger partial charge in [0, 0.05) is 18.5 Å². The van der Waals surface area contributed by atoms with Crippen molar-refractivity contribution in [3.8, 4) is 0 Å². The Morgan fingerprint density at radius 1 is 1.67 bits per heavy atom. The molecule has 1 atom stereocenters. The Hall–Kier alpha value is -0.490. The van der Waals surface area contributed by atoms with Crippen LogP contribution in [0.4, 0.5) is 0 Å². The lowest BCUT2D eigenvalue weighted by Crippen LogP contribution is -2.34. The van der Waals surface area contributed by atoms with Crippen molar-refractivity contribution in [3.05, 3.63) is 16.1 Å². The second kappa shape index (κ2) is 5.03. The SMILES string of the molecule is CN(C)Cc1nc(C2COCCN2)cs1. The first-order valence-corrected chi connectivity index (χ1v) is 6.04. The van der Waals surface area contributed by atoms with E-state index in [-0.39, 0.29) is 6.04 Å². The first-order valence-electron chi connectivity index (χ1n) is 5.16. The summed E-state index contributed by atoms with van der Waals surface area (Å²) in [5.74, 6) is 0. The molecule has 1 aliphatic rings. The third-order valence-corrected chi connectivity index (χ3v) is 3.15. The fraction of sp³-hybridized carbons (Fsp3) is 0.700. The molecule has 1 aromatic heterocycles. The van der Waals surface area contributed by atoms with Crippen LogP contribution in [-0.4, -0.2) is 43.7 Å². The molecule has 84 valence electrons. The maximum Gasteiger partial charge on any atom is 0.107 e. The minimum Gasteiger partial charge on any atom is -0.378 e. The molecule has 0 bridgehead atoms. The summed E-state index contributed by atoms with van der Waals surface area (Å²) >= 11 is 1.72. The Morgan fingerprint density at radius 2 is 2.53 bits per heavy atom. The molecule has 1 aliphatic heterocycles. The van der Waals surface area contributed by atoms with E-state index in [2.05, 4.69) is 34.7 Å². The molecule has 1 aromatic rings. The van der Waals surface area contributed by atoms with Crippen molar-refractivity contribution in [2.75, 3.05) is 33.9 Å². The van der Waals surface area contributed by atoms with Gasteiger partial charge in [0.2, 0.25) is 0 Å². The number of aromatic nitrogens is 1. The van der Waals surface area contributed by atoms with Gasteiger partial charge >= 0.3 is 0 Å². The van der Waals surface area contributed by atoms with Crippen molar-refractivity contribution in [1.82, 2.24) is 15.2 Å². The van der Waals surface area contributed by atoms with Crippen LogP contribution in [0.5, 0.6) is 0 Å². The number of thiazole rings is 1. The molecule has 1 fully saturated rings. The zero-order valence-corrected chi connectivity index (χ0v) is 10.0. The van der Waals surface area contributed by atoms with E-state index in [9.17, 15) is 0 Å². The van der Waals surface area contributed by atoms with E-state index in [0.717, 1.165) is 32.0 Å². The molecule has 0 aromatic carbocycles.